The van der Waals surface area contributed by atoms with E-state index in [-0.39, 0.29) is 1.43 Å². The Morgan fingerprint density at radius 3 is 2.46 bits per heavy atom. The van der Waals surface area contributed by atoms with Crippen LogP contribution in [0.5, 0.6) is 0 Å². The molecule has 3 aromatic heterocycles. The number of rotatable bonds is 6. The molecule has 1 aliphatic rings. The summed E-state index contributed by atoms with van der Waals surface area (Å²) in [4.78, 5) is 18.5. The molecule has 0 N–H and O–H groups in total. The summed E-state index contributed by atoms with van der Waals surface area (Å²) in [6, 6.07) is 14.3. The monoisotopic (exact) mass is 496 g/mol. The number of likely N-dealkylation sites (N-methyl/N-ethyl adjacent to an activating group) is 1. The molecule has 0 unspecified atom stereocenters. The number of hydrogen-bond donors (Lipinski definition) is 0. The molecule has 0 spiro atoms. The molecular weight excluding hydrogens is 464 g/mol. The molecule has 5 rings (SSSR count). The first-order valence-electron chi connectivity index (χ1n) is 12.4. The second kappa shape index (κ2) is 10.2. The van der Waals surface area contributed by atoms with Gasteiger partial charge in [0.2, 0.25) is 5.89 Å². The average molecular weight is 497 g/mol. The Balaban J connectivity index is 0.00000336. The maximum absolute atomic E-state index is 9.48. The summed E-state index contributed by atoms with van der Waals surface area (Å²) in [6.45, 7) is 10.9. The van der Waals surface area contributed by atoms with E-state index in [2.05, 4.69) is 55.2 Å². The van der Waals surface area contributed by atoms with Crippen LogP contribution in [0.25, 0.3) is 34.3 Å². The van der Waals surface area contributed by atoms with Gasteiger partial charge in [-0.2, -0.15) is 5.26 Å². The van der Waals surface area contributed by atoms with E-state index in [0.29, 0.717) is 34.6 Å². The van der Waals surface area contributed by atoms with Gasteiger partial charge >= 0.3 is 0 Å². The Hall–Kier alpha value is -4.00. The zero-order valence-corrected chi connectivity index (χ0v) is 21.6. The van der Waals surface area contributed by atoms with Crippen LogP contribution in [0.3, 0.4) is 0 Å². The minimum Gasteiger partial charge on any atom is -0.415 e. The molecule has 0 radical (unpaired) electrons. The van der Waals surface area contributed by atoms with Gasteiger partial charge in [0.05, 0.1) is 34.8 Å². The zero-order chi connectivity index (χ0) is 26.0. The Labute approximate surface area is 218 Å². The van der Waals surface area contributed by atoms with Gasteiger partial charge in [0.1, 0.15) is 5.69 Å². The molecule has 0 saturated carbocycles. The van der Waals surface area contributed by atoms with Crippen molar-refractivity contribution in [2.24, 2.45) is 0 Å². The van der Waals surface area contributed by atoms with E-state index >= 15 is 0 Å². The van der Waals surface area contributed by atoms with E-state index in [1.165, 1.54) is 5.56 Å². The largest absolute Gasteiger partial charge is 0.415 e. The minimum atomic E-state index is -0.710. The number of benzene rings is 1. The summed E-state index contributed by atoms with van der Waals surface area (Å²) >= 11 is 0. The van der Waals surface area contributed by atoms with Crippen LogP contribution in [0.1, 0.15) is 32.2 Å². The highest BCUT2D eigenvalue weighted by Crippen LogP contribution is 2.28. The Morgan fingerprint density at radius 2 is 1.73 bits per heavy atom. The van der Waals surface area contributed by atoms with E-state index in [1.54, 1.807) is 12.4 Å². The Morgan fingerprint density at radius 1 is 1.00 bits per heavy atom. The molecule has 1 saturated heterocycles. The van der Waals surface area contributed by atoms with Crippen molar-refractivity contribution in [2.45, 2.75) is 32.7 Å². The first kappa shape index (κ1) is 24.7. The van der Waals surface area contributed by atoms with Crippen molar-refractivity contribution in [3.05, 3.63) is 65.7 Å². The number of aryl methyl sites for hydroxylation is 1. The second-order valence-electron chi connectivity index (χ2n) is 10.0. The van der Waals surface area contributed by atoms with Crippen molar-refractivity contribution >= 4 is 0 Å². The van der Waals surface area contributed by atoms with Crippen molar-refractivity contribution in [2.75, 3.05) is 33.2 Å². The molecule has 9 heteroatoms. The maximum atomic E-state index is 9.48. The molecule has 1 aromatic carbocycles. The number of aromatic nitrogens is 5. The lowest BCUT2D eigenvalue weighted by Gasteiger charge is -2.32. The third kappa shape index (κ3) is 5.40. The van der Waals surface area contributed by atoms with Gasteiger partial charge in [-0.3, -0.25) is 14.9 Å². The van der Waals surface area contributed by atoms with Gasteiger partial charge in [0.15, 0.2) is 0 Å². The number of piperazine rings is 1. The molecule has 1 aliphatic heterocycles. The highest BCUT2D eigenvalue weighted by Gasteiger charge is 2.23. The second-order valence-corrected chi connectivity index (χ2v) is 10.0. The molecule has 190 valence electrons. The average Bonchev–Trinajstić information content (AvgIpc) is 3.41. The van der Waals surface area contributed by atoms with Crippen molar-refractivity contribution in [3.63, 3.8) is 0 Å². The summed E-state index contributed by atoms with van der Waals surface area (Å²) in [7, 11) is 2.17. The molecule has 0 aliphatic carbocycles. The van der Waals surface area contributed by atoms with E-state index < -0.39 is 5.41 Å². The summed E-state index contributed by atoms with van der Waals surface area (Å²) in [6.07, 6.45) is 3.39. The summed E-state index contributed by atoms with van der Waals surface area (Å²) in [5.74, 6) is 0.754. The van der Waals surface area contributed by atoms with Crippen LogP contribution in [0.4, 0.5) is 0 Å². The molecule has 0 atom stereocenters. The fourth-order valence-electron chi connectivity index (χ4n) is 4.23. The van der Waals surface area contributed by atoms with Crippen LogP contribution in [0.15, 0.2) is 53.2 Å². The van der Waals surface area contributed by atoms with Crippen LogP contribution in [0, 0.1) is 18.3 Å². The molecule has 1 fully saturated rings. The Bertz CT molecular complexity index is 1440. The van der Waals surface area contributed by atoms with Gasteiger partial charge in [-0.25, -0.2) is 4.98 Å². The first-order chi connectivity index (χ1) is 17.8. The van der Waals surface area contributed by atoms with Crippen molar-refractivity contribution in [3.8, 4) is 40.4 Å². The minimum absolute atomic E-state index is 0. The molecule has 0 bridgehead atoms. The van der Waals surface area contributed by atoms with Crippen LogP contribution >= 0.6 is 0 Å². The van der Waals surface area contributed by atoms with Gasteiger partial charge in [-0.1, -0.05) is 12.1 Å². The summed E-state index contributed by atoms with van der Waals surface area (Å²) < 4.78 is 6.03. The fraction of sp³-hybridized carbons (Fsp3) is 0.357. The highest BCUT2D eigenvalue weighted by atomic mass is 16.4. The SMILES string of the molecule is Cc1ncc(-c2ccnc(C(C)(C)C#N)c2)nc1-c1nnc(-c2ccc(CN3CCN(C)CC3)cc2)o1.[HH]. The highest BCUT2D eigenvalue weighted by molar-refractivity contribution is 5.64. The van der Waals surface area contributed by atoms with E-state index in [9.17, 15) is 5.26 Å². The van der Waals surface area contributed by atoms with Crippen molar-refractivity contribution in [1.29, 1.82) is 5.26 Å². The third-order valence-corrected chi connectivity index (χ3v) is 6.76. The Kier molecular flexibility index (Phi) is 6.78. The summed E-state index contributed by atoms with van der Waals surface area (Å²) in [5, 5.41) is 18.0. The fourth-order valence-corrected chi connectivity index (χ4v) is 4.23. The van der Waals surface area contributed by atoms with E-state index in [4.69, 9.17) is 9.40 Å². The molecule has 4 aromatic rings. The summed E-state index contributed by atoms with van der Waals surface area (Å²) in [5.41, 5.74) is 4.77. The van der Waals surface area contributed by atoms with Crippen molar-refractivity contribution < 1.29 is 5.84 Å². The van der Waals surface area contributed by atoms with Crippen LogP contribution in [-0.2, 0) is 12.0 Å². The molecule has 37 heavy (non-hydrogen) atoms. The lowest BCUT2D eigenvalue weighted by atomic mass is 9.90. The van der Waals surface area contributed by atoms with Gasteiger partial charge in [0, 0.05) is 51.5 Å². The number of pyridine rings is 1. The topological polar surface area (TPSA) is 108 Å². The number of hydrogen-bond acceptors (Lipinski definition) is 9. The van der Waals surface area contributed by atoms with E-state index in [1.807, 2.05) is 45.0 Å². The maximum Gasteiger partial charge on any atom is 0.268 e. The normalized spacial score (nSPS) is 15.0. The van der Waals surface area contributed by atoms with Gasteiger partial charge < -0.3 is 9.32 Å². The lowest BCUT2D eigenvalue weighted by molar-refractivity contribution is 0.148. The third-order valence-electron chi connectivity index (χ3n) is 6.76. The van der Waals surface area contributed by atoms with Crippen LogP contribution in [-0.4, -0.2) is 68.2 Å². The lowest BCUT2D eigenvalue weighted by Crippen LogP contribution is -2.43. The zero-order valence-electron chi connectivity index (χ0n) is 21.6. The molecule has 0 amide bonds. The van der Waals surface area contributed by atoms with Gasteiger partial charge in [-0.05, 0) is 57.6 Å². The molecule has 4 heterocycles. The molecule has 9 nitrogen and oxygen atoms in total. The standard InChI is InChI=1S/C28H30N8O.H2/c1-19-25(32-23(16-31-19)22-9-10-30-24(15-22)28(2,3)18-29)27-34-33-26(37-27)21-7-5-20(6-8-21)17-36-13-11-35(4)12-14-36;/h5-10,15-16H,11-14,17H2,1-4H3;1H. The quantitative estimate of drug-likeness (QED) is 0.385. The van der Waals surface area contributed by atoms with Crippen LogP contribution in [0.2, 0.25) is 0 Å². The van der Waals surface area contributed by atoms with E-state index in [0.717, 1.165) is 43.9 Å². The first-order valence-corrected chi connectivity index (χ1v) is 12.4. The van der Waals surface area contributed by atoms with Gasteiger partial charge in [0.25, 0.3) is 5.89 Å². The van der Waals surface area contributed by atoms with Gasteiger partial charge in [-0.15, -0.1) is 10.2 Å². The van der Waals surface area contributed by atoms with Crippen molar-refractivity contribution in [1.82, 2.24) is 34.9 Å². The predicted octanol–water partition coefficient (Wildman–Crippen LogP) is 4.36. The van der Waals surface area contributed by atoms with Crippen LogP contribution < -0.4 is 0 Å². The predicted molar refractivity (Wildman–Crippen MR) is 142 cm³/mol. The smallest absolute Gasteiger partial charge is 0.268 e. The number of nitrogens with zero attached hydrogens (tertiary/aromatic N) is 8. The number of nitriles is 1. The molecular formula is C28H32N8O.